The maximum Gasteiger partial charge on any atom is 0.283 e. The Morgan fingerprint density at radius 3 is 2.73 bits per heavy atom. The summed E-state index contributed by atoms with van der Waals surface area (Å²) in [6.07, 6.45) is 1.34. The van der Waals surface area contributed by atoms with Crippen LogP contribution in [0.1, 0.15) is 16.7 Å². The van der Waals surface area contributed by atoms with Gasteiger partial charge < -0.3 is 5.32 Å². The van der Waals surface area contributed by atoms with E-state index in [1.54, 1.807) is 16.8 Å². The smallest absolute Gasteiger partial charge is 0.283 e. The van der Waals surface area contributed by atoms with Crippen molar-refractivity contribution in [2.75, 3.05) is 5.32 Å². The quantitative estimate of drug-likeness (QED) is 0.533. The van der Waals surface area contributed by atoms with Crippen molar-refractivity contribution in [1.29, 1.82) is 0 Å². The number of hydrogen-bond donors (Lipinski definition) is 1. The first-order valence-corrected chi connectivity index (χ1v) is 9.69. The van der Waals surface area contributed by atoms with Gasteiger partial charge in [0.25, 0.3) is 5.56 Å². The van der Waals surface area contributed by atoms with Crippen molar-refractivity contribution < 1.29 is 4.79 Å². The van der Waals surface area contributed by atoms with Crippen molar-refractivity contribution in [2.45, 2.75) is 26.9 Å². The predicted molar refractivity (Wildman–Crippen MR) is 115 cm³/mol. The molecule has 1 amide bonds. The maximum atomic E-state index is 12.8. The summed E-state index contributed by atoms with van der Waals surface area (Å²) in [5.74, 6) is -0.365. The van der Waals surface area contributed by atoms with Gasteiger partial charge in [-0.15, -0.1) is 5.10 Å². The predicted octanol–water partition coefficient (Wildman–Crippen LogP) is 2.95. The fraction of sp³-hybridized carbons (Fsp3) is 0.190. The Balaban J connectivity index is 1.57. The van der Waals surface area contributed by atoms with Crippen molar-refractivity contribution in [1.82, 2.24) is 24.5 Å². The van der Waals surface area contributed by atoms with Crippen molar-refractivity contribution >= 4 is 34.4 Å². The lowest BCUT2D eigenvalue weighted by atomic mass is 10.1. The molecular weight excluding hydrogens is 404 g/mol. The number of aromatic nitrogens is 5. The molecule has 0 radical (unpaired) electrons. The molecular formula is C21H19ClN6O2. The molecule has 4 rings (SSSR count). The molecule has 0 spiro atoms. The zero-order valence-corrected chi connectivity index (χ0v) is 17.2. The number of aryl methyl sites for hydroxylation is 2. The Morgan fingerprint density at radius 2 is 1.93 bits per heavy atom. The number of rotatable bonds is 5. The Labute approximate surface area is 177 Å². The average molecular weight is 423 g/mol. The number of fused-ring (bicyclic) bond motifs is 1. The number of benzene rings is 2. The third-order valence-electron chi connectivity index (χ3n) is 4.86. The first kappa shape index (κ1) is 19.8. The summed E-state index contributed by atoms with van der Waals surface area (Å²) in [6.45, 7) is 4.13. The SMILES string of the molecule is Cc1ccccc1Cn1nnc2c(=O)n(CC(=O)Nc3cc(Cl)ccc3C)cnc21. The van der Waals surface area contributed by atoms with E-state index in [9.17, 15) is 9.59 Å². The van der Waals surface area contributed by atoms with E-state index >= 15 is 0 Å². The molecule has 2 aromatic heterocycles. The molecule has 0 aliphatic rings. The highest BCUT2D eigenvalue weighted by Gasteiger charge is 2.15. The summed E-state index contributed by atoms with van der Waals surface area (Å²) in [4.78, 5) is 29.5. The Hall–Kier alpha value is -3.52. The first-order valence-electron chi connectivity index (χ1n) is 9.31. The largest absolute Gasteiger partial charge is 0.324 e. The minimum atomic E-state index is -0.422. The van der Waals surface area contributed by atoms with Crippen LogP contribution in [0.5, 0.6) is 0 Å². The lowest BCUT2D eigenvalue weighted by molar-refractivity contribution is -0.116. The molecule has 9 heteroatoms. The lowest BCUT2D eigenvalue weighted by Crippen LogP contribution is -2.28. The van der Waals surface area contributed by atoms with Gasteiger partial charge in [0.2, 0.25) is 5.91 Å². The van der Waals surface area contributed by atoms with Gasteiger partial charge in [-0.3, -0.25) is 14.2 Å². The molecule has 0 bridgehead atoms. The van der Waals surface area contributed by atoms with E-state index in [0.29, 0.717) is 22.9 Å². The highest BCUT2D eigenvalue weighted by atomic mass is 35.5. The number of carbonyl (C=O) groups is 1. The molecule has 1 N–H and O–H groups in total. The van der Waals surface area contributed by atoms with Gasteiger partial charge in [0.05, 0.1) is 6.54 Å². The number of anilines is 1. The van der Waals surface area contributed by atoms with Crippen LogP contribution in [0.4, 0.5) is 5.69 Å². The number of halogens is 1. The number of nitrogens with one attached hydrogen (secondary N) is 1. The van der Waals surface area contributed by atoms with Gasteiger partial charge in [0.1, 0.15) is 12.9 Å². The van der Waals surface area contributed by atoms with Crippen molar-refractivity contribution in [3.8, 4) is 0 Å². The van der Waals surface area contributed by atoms with Crippen LogP contribution in [0.25, 0.3) is 11.2 Å². The van der Waals surface area contributed by atoms with Crippen molar-refractivity contribution in [3.05, 3.63) is 80.9 Å². The summed E-state index contributed by atoms with van der Waals surface area (Å²) in [7, 11) is 0. The van der Waals surface area contributed by atoms with Gasteiger partial charge >= 0.3 is 0 Å². The lowest BCUT2D eigenvalue weighted by Gasteiger charge is -2.10. The molecule has 2 heterocycles. The molecule has 0 atom stereocenters. The number of carbonyl (C=O) groups excluding carboxylic acids is 1. The van der Waals surface area contributed by atoms with Gasteiger partial charge in [-0.2, -0.15) is 0 Å². The standard InChI is InChI=1S/C21H19ClN6O2/c1-13-5-3-4-6-15(13)10-28-20-19(25-26-28)21(30)27(12-23-20)11-18(29)24-17-9-16(22)8-7-14(17)2/h3-9,12H,10-11H2,1-2H3,(H,24,29). The Morgan fingerprint density at radius 1 is 1.13 bits per heavy atom. The van der Waals surface area contributed by atoms with Gasteiger partial charge in [-0.25, -0.2) is 9.67 Å². The molecule has 8 nitrogen and oxygen atoms in total. The van der Waals surface area contributed by atoms with Crippen LogP contribution in [0, 0.1) is 13.8 Å². The van der Waals surface area contributed by atoms with E-state index in [1.165, 1.54) is 10.9 Å². The Bertz CT molecular complexity index is 1310. The van der Waals surface area contributed by atoms with E-state index < -0.39 is 5.56 Å². The van der Waals surface area contributed by atoms with Crippen LogP contribution < -0.4 is 10.9 Å². The summed E-state index contributed by atoms with van der Waals surface area (Å²) >= 11 is 5.99. The number of amides is 1. The molecule has 30 heavy (non-hydrogen) atoms. The van der Waals surface area contributed by atoms with Crippen LogP contribution >= 0.6 is 11.6 Å². The summed E-state index contributed by atoms with van der Waals surface area (Å²) in [5.41, 5.74) is 3.72. The van der Waals surface area contributed by atoms with Crippen molar-refractivity contribution in [3.63, 3.8) is 0 Å². The molecule has 0 saturated heterocycles. The average Bonchev–Trinajstić information content (AvgIpc) is 3.12. The molecule has 4 aromatic rings. The molecule has 0 saturated carbocycles. The normalized spacial score (nSPS) is 11.0. The molecule has 0 unspecified atom stereocenters. The minimum Gasteiger partial charge on any atom is -0.324 e. The van der Waals surface area contributed by atoms with Crippen LogP contribution in [0.15, 0.2) is 53.6 Å². The zero-order valence-electron chi connectivity index (χ0n) is 16.5. The highest BCUT2D eigenvalue weighted by molar-refractivity contribution is 6.31. The van der Waals surface area contributed by atoms with Gasteiger partial charge in [-0.05, 0) is 42.7 Å². The Kier molecular flexibility index (Phi) is 5.33. The van der Waals surface area contributed by atoms with E-state index in [4.69, 9.17) is 11.6 Å². The van der Waals surface area contributed by atoms with Crippen LogP contribution in [0.3, 0.4) is 0 Å². The highest BCUT2D eigenvalue weighted by Crippen LogP contribution is 2.20. The summed E-state index contributed by atoms with van der Waals surface area (Å²) in [6, 6.07) is 13.1. The fourth-order valence-electron chi connectivity index (χ4n) is 3.13. The zero-order chi connectivity index (χ0) is 21.3. The number of nitrogens with zero attached hydrogens (tertiary/aromatic N) is 5. The summed E-state index contributed by atoms with van der Waals surface area (Å²) < 4.78 is 2.79. The van der Waals surface area contributed by atoms with E-state index in [1.807, 2.05) is 44.2 Å². The van der Waals surface area contributed by atoms with E-state index in [0.717, 1.165) is 16.7 Å². The topological polar surface area (TPSA) is 94.7 Å². The van der Waals surface area contributed by atoms with Crippen LogP contribution in [-0.2, 0) is 17.9 Å². The number of hydrogen-bond acceptors (Lipinski definition) is 5. The van der Waals surface area contributed by atoms with Crippen LogP contribution in [-0.4, -0.2) is 30.5 Å². The second-order valence-electron chi connectivity index (χ2n) is 7.03. The monoisotopic (exact) mass is 422 g/mol. The van der Waals surface area contributed by atoms with Gasteiger partial charge in [-0.1, -0.05) is 47.1 Å². The third kappa shape index (κ3) is 3.95. The maximum absolute atomic E-state index is 12.8. The molecule has 0 aliphatic carbocycles. The second-order valence-corrected chi connectivity index (χ2v) is 7.47. The van der Waals surface area contributed by atoms with Gasteiger partial charge in [0, 0.05) is 10.7 Å². The summed E-state index contributed by atoms with van der Waals surface area (Å²) in [5, 5.41) is 11.3. The molecule has 2 aromatic carbocycles. The molecule has 152 valence electrons. The van der Waals surface area contributed by atoms with E-state index in [-0.39, 0.29) is 18.0 Å². The third-order valence-corrected chi connectivity index (χ3v) is 5.10. The van der Waals surface area contributed by atoms with E-state index in [2.05, 4.69) is 20.6 Å². The van der Waals surface area contributed by atoms with Crippen LogP contribution in [0.2, 0.25) is 5.02 Å². The first-order chi connectivity index (χ1) is 14.4. The molecule has 0 aliphatic heterocycles. The fourth-order valence-corrected chi connectivity index (χ4v) is 3.30. The molecule has 0 fully saturated rings. The van der Waals surface area contributed by atoms with Crippen molar-refractivity contribution in [2.24, 2.45) is 0 Å². The van der Waals surface area contributed by atoms with Gasteiger partial charge in [0.15, 0.2) is 11.2 Å². The second kappa shape index (κ2) is 8.08. The minimum absolute atomic E-state index is 0.123.